The van der Waals surface area contributed by atoms with Crippen molar-refractivity contribution >= 4 is 11.9 Å². The Balaban J connectivity index is -0.000000478. The number of carboxylic acid groups (broad SMARTS) is 1. The smallest absolute Gasteiger partial charge is 0.320 e. The van der Waals surface area contributed by atoms with Gasteiger partial charge < -0.3 is 25.7 Å². The summed E-state index contributed by atoms with van der Waals surface area (Å²) in [5, 5.41) is 16.9. The Morgan fingerprint density at radius 3 is 1.44 bits per heavy atom. The number of nitrogens with zero attached hydrogens (tertiary/aromatic N) is 2. The summed E-state index contributed by atoms with van der Waals surface area (Å²) in [5.74, 6) is -0.582. The number of carbonyl (C=O) groups is 2. The molecule has 1 atom stereocenters. The second-order valence-corrected chi connectivity index (χ2v) is 16.2. The second-order valence-electron chi connectivity index (χ2n) is 16.2. The van der Waals surface area contributed by atoms with E-state index in [0.717, 1.165) is 51.9 Å². The number of piperazine rings is 1. The first-order chi connectivity index (χ1) is 17.3. The third kappa shape index (κ3) is 39.0. The molecule has 1 fully saturated rings. The van der Waals surface area contributed by atoms with Gasteiger partial charge in [0.1, 0.15) is 6.04 Å². The van der Waals surface area contributed by atoms with Crippen molar-refractivity contribution in [2.45, 2.75) is 135 Å². The summed E-state index contributed by atoms with van der Waals surface area (Å²) in [4.78, 5) is 26.4. The lowest BCUT2D eigenvalue weighted by molar-refractivity contribution is -0.138. The van der Waals surface area contributed by atoms with Gasteiger partial charge in [0, 0.05) is 39.2 Å². The van der Waals surface area contributed by atoms with Crippen LogP contribution in [0.2, 0.25) is 0 Å². The zero-order valence-corrected chi connectivity index (χ0v) is 28.5. The third-order valence-electron chi connectivity index (χ3n) is 5.41. The molecule has 236 valence electrons. The zero-order chi connectivity index (χ0) is 31.7. The van der Waals surface area contributed by atoms with Gasteiger partial charge in [0.2, 0.25) is 5.91 Å². The fraction of sp³-hybridized carbons (Fsp3) is 0.938. The Labute approximate surface area is 243 Å². The number of hydrogen-bond donors (Lipinski definition) is 3. The topological polar surface area (TPSA) is 107 Å². The maximum absolute atomic E-state index is 11.8. The van der Waals surface area contributed by atoms with E-state index in [1.54, 1.807) is 0 Å². The molecule has 0 spiro atoms. The Kier molecular flexibility index (Phi) is 21.5. The van der Waals surface area contributed by atoms with Crippen LogP contribution in [0.1, 0.15) is 129 Å². The predicted octanol–water partition coefficient (Wildman–Crippen LogP) is 6.67. The Morgan fingerprint density at radius 2 is 1.15 bits per heavy atom. The molecule has 1 heterocycles. The molecule has 7 nitrogen and oxygen atoms in total. The number of rotatable bonds is 7. The summed E-state index contributed by atoms with van der Waals surface area (Å²) in [6.45, 7) is 32.1. The molecule has 0 aromatic rings. The molecule has 1 aliphatic rings. The van der Waals surface area contributed by atoms with Gasteiger partial charge >= 0.3 is 5.97 Å². The van der Waals surface area contributed by atoms with Crippen LogP contribution in [0.15, 0.2) is 0 Å². The largest absolute Gasteiger partial charge is 0.480 e. The van der Waals surface area contributed by atoms with Gasteiger partial charge in [0.15, 0.2) is 0 Å². The van der Waals surface area contributed by atoms with E-state index in [2.05, 4.69) is 102 Å². The Morgan fingerprint density at radius 1 is 0.744 bits per heavy atom. The SMILES string of the molecule is CC(C)(C)C.CC(C)(C)CCCC[C@H](N)C(=O)O.CC(C)(C)CCO.CN1CCN(C(=O)CC(C)(C)C)CC1. The van der Waals surface area contributed by atoms with Crippen LogP contribution in [0.4, 0.5) is 0 Å². The molecule has 0 bridgehead atoms. The number of carbonyl (C=O) groups excluding carboxylic acids is 1. The van der Waals surface area contributed by atoms with E-state index < -0.39 is 12.0 Å². The molecule has 39 heavy (non-hydrogen) atoms. The molecular formula is C32H69N3O4. The normalized spacial score (nSPS) is 15.5. The van der Waals surface area contributed by atoms with Crippen LogP contribution in [0.3, 0.4) is 0 Å². The first-order valence-electron chi connectivity index (χ1n) is 14.8. The summed E-state index contributed by atoms with van der Waals surface area (Å²) in [6, 6.07) is -0.681. The lowest BCUT2D eigenvalue weighted by Gasteiger charge is -2.34. The molecule has 0 radical (unpaired) electrons. The highest BCUT2D eigenvalue weighted by Gasteiger charge is 2.23. The number of amides is 1. The van der Waals surface area contributed by atoms with Crippen molar-refractivity contribution in [3.05, 3.63) is 0 Å². The van der Waals surface area contributed by atoms with Crippen LogP contribution in [0, 0.1) is 21.7 Å². The highest BCUT2D eigenvalue weighted by atomic mass is 16.4. The highest BCUT2D eigenvalue weighted by Crippen LogP contribution is 2.22. The van der Waals surface area contributed by atoms with Crippen LogP contribution >= 0.6 is 0 Å². The summed E-state index contributed by atoms with van der Waals surface area (Å²) >= 11 is 0. The highest BCUT2D eigenvalue weighted by molar-refractivity contribution is 5.77. The fourth-order valence-electron chi connectivity index (χ4n) is 3.10. The van der Waals surface area contributed by atoms with Crippen molar-refractivity contribution in [1.82, 2.24) is 9.80 Å². The molecule has 0 aliphatic carbocycles. The first-order valence-corrected chi connectivity index (χ1v) is 14.8. The van der Waals surface area contributed by atoms with Crippen LogP contribution < -0.4 is 5.73 Å². The van der Waals surface area contributed by atoms with Gasteiger partial charge in [-0.15, -0.1) is 0 Å². The quantitative estimate of drug-likeness (QED) is 0.301. The Hall–Kier alpha value is -1.18. The van der Waals surface area contributed by atoms with Crippen molar-refractivity contribution in [3.63, 3.8) is 0 Å². The number of aliphatic carboxylic acids is 1. The minimum atomic E-state index is -0.893. The van der Waals surface area contributed by atoms with E-state index in [0.29, 0.717) is 41.6 Å². The fourth-order valence-corrected chi connectivity index (χ4v) is 3.10. The summed E-state index contributed by atoms with van der Waals surface area (Å²) in [5.41, 5.74) is 6.62. The van der Waals surface area contributed by atoms with E-state index in [9.17, 15) is 9.59 Å². The van der Waals surface area contributed by atoms with Gasteiger partial charge in [-0.05, 0) is 48.0 Å². The summed E-state index contributed by atoms with van der Waals surface area (Å²) in [7, 11) is 2.10. The van der Waals surface area contributed by atoms with Gasteiger partial charge in [-0.3, -0.25) is 9.59 Å². The van der Waals surface area contributed by atoms with Crippen LogP contribution in [0.25, 0.3) is 0 Å². The molecule has 1 saturated heterocycles. The van der Waals surface area contributed by atoms with Gasteiger partial charge in [0.25, 0.3) is 0 Å². The summed E-state index contributed by atoms with van der Waals surface area (Å²) < 4.78 is 0. The van der Waals surface area contributed by atoms with Gasteiger partial charge in [-0.2, -0.15) is 0 Å². The van der Waals surface area contributed by atoms with Crippen molar-refractivity contribution < 1.29 is 19.8 Å². The number of likely N-dealkylation sites (N-methyl/N-ethyl adjacent to an activating group) is 1. The molecular weight excluding hydrogens is 490 g/mol. The van der Waals surface area contributed by atoms with Gasteiger partial charge in [0.05, 0.1) is 0 Å². The number of carboxylic acids is 1. The molecule has 0 aromatic heterocycles. The third-order valence-corrected chi connectivity index (χ3v) is 5.41. The van der Waals surface area contributed by atoms with Crippen molar-refractivity contribution in [1.29, 1.82) is 0 Å². The average Bonchev–Trinajstić information content (AvgIpc) is 2.68. The monoisotopic (exact) mass is 560 g/mol. The number of nitrogens with two attached hydrogens (primary N) is 1. The van der Waals surface area contributed by atoms with Crippen molar-refractivity contribution in [2.75, 3.05) is 39.8 Å². The number of hydrogen-bond acceptors (Lipinski definition) is 5. The van der Waals surface area contributed by atoms with Gasteiger partial charge in [-0.1, -0.05) is 103 Å². The lowest BCUT2D eigenvalue weighted by atomic mass is 9.89. The molecule has 4 N–H and O–H groups in total. The lowest BCUT2D eigenvalue weighted by Crippen LogP contribution is -2.47. The maximum Gasteiger partial charge on any atom is 0.320 e. The van der Waals surface area contributed by atoms with E-state index in [1.807, 2.05) is 4.90 Å². The molecule has 0 aromatic carbocycles. The first kappa shape index (κ1) is 42.3. The maximum atomic E-state index is 11.8. The zero-order valence-electron chi connectivity index (χ0n) is 28.5. The number of aliphatic hydroxyl groups excluding tert-OH is 1. The van der Waals surface area contributed by atoms with Crippen LogP contribution in [0.5, 0.6) is 0 Å². The van der Waals surface area contributed by atoms with Gasteiger partial charge in [-0.25, -0.2) is 0 Å². The minimum Gasteiger partial charge on any atom is -0.480 e. The molecule has 0 unspecified atom stereocenters. The van der Waals surface area contributed by atoms with Crippen LogP contribution in [-0.4, -0.2) is 77.8 Å². The van der Waals surface area contributed by atoms with Crippen LogP contribution in [-0.2, 0) is 9.59 Å². The molecule has 7 heteroatoms. The Bertz CT molecular complexity index is 624. The van der Waals surface area contributed by atoms with Crippen molar-refractivity contribution in [3.8, 4) is 0 Å². The number of unbranched alkanes of at least 4 members (excludes halogenated alkanes) is 1. The van der Waals surface area contributed by atoms with E-state index in [-0.39, 0.29) is 5.41 Å². The van der Waals surface area contributed by atoms with E-state index in [1.165, 1.54) is 0 Å². The molecule has 0 saturated carbocycles. The average molecular weight is 560 g/mol. The summed E-state index contributed by atoms with van der Waals surface area (Å²) in [6.07, 6.45) is 5.24. The van der Waals surface area contributed by atoms with E-state index >= 15 is 0 Å². The standard InChI is InChI=1S/C11H22N2O.C10H21NO2.C6H14O.C5H12/c1-11(2,3)9-10(14)13-7-5-12(4)6-8-13;1-10(2,3)7-5-4-6-8(11)9(12)13;1-6(2,3)4-5-7;1-5(2,3)4/h5-9H2,1-4H3;8H,4-7,11H2,1-3H3,(H,12,13);7H,4-5H2,1-3H3;1-4H3/t;8-;;/m.0../s1. The van der Waals surface area contributed by atoms with Crippen molar-refractivity contribution in [2.24, 2.45) is 27.4 Å². The second kappa shape index (κ2) is 19.8. The predicted molar refractivity (Wildman–Crippen MR) is 168 cm³/mol. The molecule has 1 aliphatic heterocycles. The number of aliphatic hydroxyl groups is 1. The molecule has 1 amide bonds. The van der Waals surface area contributed by atoms with E-state index in [4.69, 9.17) is 15.9 Å². The minimum absolute atomic E-state index is 0.112. The molecule has 1 rings (SSSR count).